The van der Waals surface area contributed by atoms with Crippen molar-refractivity contribution in [1.82, 2.24) is 0 Å². The second-order valence-corrected chi connectivity index (χ2v) is 5.73. The minimum atomic E-state index is -0.375. The SMILES string of the molecule is NC(Cc1cccc(Cl)c1F)c1ccc(I)cc1. The fraction of sp³-hybridized carbons (Fsp3) is 0.143. The minimum absolute atomic E-state index is 0.141. The highest BCUT2D eigenvalue weighted by atomic mass is 127. The van der Waals surface area contributed by atoms with E-state index in [0.717, 1.165) is 9.13 Å². The first-order chi connectivity index (χ1) is 8.58. The predicted molar refractivity (Wildman–Crippen MR) is 81.2 cm³/mol. The lowest BCUT2D eigenvalue weighted by Gasteiger charge is -2.13. The zero-order valence-corrected chi connectivity index (χ0v) is 12.5. The van der Waals surface area contributed by atoms with Gasteiger partial charge in [0, 0.05) is 9.61 Å². The minimum Gasteiger partial charge on any atom is -0.324 e. The van der Waals surface area contributed by atoms with E-state index >= 15 is 0 Å². The molecule has 2 rings (SSSR count). The summed E-state index contributed by atoms with van der Waals surface area (Å²) in [5.74, 6) is -0.375. The Morgan fingerprint density at radius 3 is 2.50 bits per heavy atom. The van der Waals surface area contributed by atoms with Gasteiger partial charge in [-0.15, -0.1) is 0 Å². The molecule has 2 aromatic carbocycles. The summed E-state index contributed by atoms with van der Waals surface area (Å²) in [4.78, 5) is 0. The third kappa shape index (κ3) is 3.22. The van der Waals surface area contributed by atoms with Crippen LogP contribution in [0.15, 0.2) is 42.5 Å². The fourth-order valence-corrected chi connectivity index (χ4v) is 2.32. The molecule has 1 atom stereocenters. The van der Waals surface area contributed by atoms with Gasteiger partial charge in [0.2, 0.25) is 0 Å². The maximum atomic E-state index is 13.8. The summed E-state index contributed by atoms with van der Waals surface area (Å²) in [6.07, 6.45) is 0.437. The Morgan fingerprint density at radius 1 is 1.17 bits per heavy atom. The van der Waals surface area contributed by atoms with E-state index in [0.29, 0.717) is 12.0 Å². The lowest BCUT2D eigenvalue weighted by molar-refractivity contribution is 0.594. The monoisotopic (exact) mass is 375 g/mol. The van der Waals surface area contributed by atoms with E-state index in [1.54, 1.807) is 12.1 Å². The first-order valence-corrected chi connectivity index (χ1v) is 6.97. The average Bonchev–Trinajstić information content (AvgIpc) is 2.36. The lowest BCUT2D eigenvalue weighted by atomic mass is 9.99. The molecule has 2 N–H and O–H groups in total. The van der Waals surface area contributed by atoms with Crippen molar-refractivity contribution in [2.45, 2.75) is 12.5 Å². The molecule has 0 aliphatic rings. The molecule has 0 saturated heterocycles. The standard InChI is InChI=1S/C14H12ClFIN/c15-12-3-1-2-10(14(12)16)8-13(18)9-4-6-11(17)7-5-9/h1-7,13H,8,18H2. The molecule has 94 valence electrons. The number of nitrogens with two attached hydrogens (primary N) is 1. The Bertz CT molecular complexity index is 542. The van der Waals surface area contributed by atoms with E-state index in [9.17, 15) is 4.39 Å². The van der Waals surface area contributed by atoms with E-state index in [2.05, 4.69) is 22.6 Å². The molecule has 0 bridgehead atoms. The van der Waals surface area contributed by atoms with Crippen LogP contribution in [0.1, 0.15) is 17.2 Å². The van der Waals surface area contributed by atoms with Crippen molar-refractivity contribution in [3.05, 3.63) is 68.0 Å². The van der Waals surface area contributed by atoms with Gasteiger partial charge in [-0.05, 0) is 58.3 Å². The van der Waals surface area contributed by atoms with Crippen LogP contribution in [0.5, 0.6) is 0 Å². The molecule has 0 heterocycles. The van der Waals surface area contributed by atoms with Gasteiger partial charge in [-0.3, -0.25) is 0 Å². The average molecular weight is 376 g/mol. The molecule has 0 spiro atoms. The highest BCUT2D eigenvalue weighted by Crippen LogP contribution is 2.23. The van der Waals surface area contributed by atoms with Gasteiger partial charge in [-0.2, -0.15) is 0 Å². The van der Waals surface area contributed by atoms with Crippen molar-refractivity contribution in [3.63, 3.8) is 0 Å². The molecule has 1 unspecified atom stereocenters. The van der Waals surface area contributed by atoms with Crippen molar-refractivity contribution >= 4 is 34.2 Å². The van der Waals surface area contributed by atoms with Crippen molar-refractivity contribution in [1.29, 1.82) is 0 Å². The van der Waals surface area contributed by atoms with E-state index in [4.69, 9.17) is 17.3 Å². The van der Waals surface area contributed by atoms with E-state index in [-0.39, 0.29) is 16.9 Å². The van der Waals surface area contributed by atoms with Crippen LogP contribution in [0.3, 0.4) is 0 Å². The first-order valence-electron chi connectivity index (χ1n) is 5.52. The molecule has 0 aromatic heterocycles. The van der Waals surface area contributed by atoms with Crippen molar-refractivity contribution < 1.29 is 4.39 Å². The van der Waals surface area contributed by atoms with Crippen molar-refractivity contribution in [2.24, 2.45) is 5.73 Å². The third-order valence-corrected chi connectivity index (χ3v) is 3.78. The Kier molecular flexibility index (Phi) is 4.59. The lowest BCUT2D eigenvalue weighted by Crippen LogP contribution is -2.14. The maximum Gasteiger partial charge on any atom is 0.145 e. The third-order valence-electron chi connectivity index (χ3n) is 2.77. The molecule has 2 aromatic rings. The Hall–Kier alpha value is -0.650. The van der Waals surface area contributed by atoms with Crippen molar-refractivity contribution in [2.75, 3.05) is 0 Å². The number of benzene rings is 2. The van der Waals surface area contributed by atoms with Crippen LogP contribution in [0, 0.1) is 9.39 Å². The van der Waals surface area contributed by atoms with Crippen LogP contribution in [0.25, 0.3) is 0 Å². The van der Waals surface area contributed by atoms with Gasteiger partial charge in [-0.25, -0.2) is 4.39 Å². The van der Waals surface area contributed by atoms with Gasteiger partial charge < -0.3 is 5.73 Å². The number of rotatable bonds is 3. The van der Waals surface area contributed by atoms with Gasteiger partial charge in [0.05, 0.1) is 5.02 Å². The van der Waals surface area contributed by atoms with Gasteiger partial charge in [0.1, 0.15) is 5.82 Å². The van der Waals surface area contributed by atoms with Crippen LogP contribution in [0.2, 0.25) is 5.02 Å². The maximum absolute atomic E-state index is 13.8. The molecular weight excluding hydrogens is 364 g/mol. The van der Waals surface area contributed by atoms with Crippen molar-refractivity contribution in [3.8, 4) is 0 Å². The highest BCUT2D eigenvalue weighted by molar-refractivity contribution is 14.1. The van der Waals surface area contributed by atoms with Crippen LogP contribution in [-0.2, 0) is 6.42 Å². The largest absolute Gasteiger partial charge is 0.324 e. The Labute approximate surface area is 124 Å². The molecule has 0 aliphatic carbocycles. The summed E-state index contributed by atoms with van der Waals surface area (Å²) in [6.45, 7) is 0. The van der Waals surface area contributed by atoms with Crippen LogP contribution in [0.4, 0.5) is 4.39 Å². The molecule has 0 aliphatic heterocycles. The summed E-state index contributed by atoms with van der Waals surface area (Å²) in [7, 11) is 0. The molecule has 0 fully saturated rings. The summed E-state index contributed by atoms with van der Waals surface area (Å²) in [6, 6.07) is 12.7. The Morgan fingerprint density at radius 2 is 1.83 bits per heavy atom. The Balaban J connectivity index is 2.18. The molecule has 18 heavy (non-hydrogen) atoms. The zero-order valence-electron chi connectivity index (χ0n) is 9.54. The molecule has 0 radical (unpaired) electrons. The molecular formula is C14H12ClFIN. The molecule has 0 saturated carbocycles. The zero-order chi connectivity index (χ0) is 13.1. The van der Waals surface area contributed by atoms with Crippen LogP contribution >= 0.6 is 34.2 Å². The quantitative estimate of drug-likeness (QED) is 0.794. The normalized spacial score (nSPS) is 12.4. The number of hydrogen-bond acceptors (Lipinski definition) is 1. The van der Waals surface area contributed by atoms with Gasteiger partial charge in [-0.1, -0.05) is 35.9 Å². The summed E-state index contributed by atoms with van der Waals surface area (Å²) in [5, 5.41) is 0.141. The van der Waals surface area contributed by atoms with E-state index in [1.807, 2.05) is 24.3 Å². The fourth-order valence-electron chi connectivity index (χ4n) is 1.77. The van der Waals surface area contributed by atoms with E-state index < -0.39 is 0 Å². The predicted octanol–water partition coefficient (Wildman–Crippen LogP) is 4.33. The number of halogens is 3. The summed E-state index contributed by atoms with van der Waals surface area (Å²) >= 11 is 7.98. The van der Waals surface area contributed by atoms with Gasteiger partial charge >= 0.3 is 0 Å². The molecule has 4 heteroatoms. The summed E-state index contributed by atoms with van der Waals surface area (Å²) < 4.78 is 14.9. The number of hydrogen-bond donors (Lipinski definition) is 1. The first kappa shape index (κ1) is 13.8. The summed E-state index contributed by atoms with van der Waals surface area (Å²) in [5.41, 5.74) is 7.63. The highest BCUT2D eigenvalue weighted by Gasteiger charge is 2.12. The smallest absolute Gasteiger partial charge is 0.145 e. The second kappa shape index (κ2) is 5.99. The van der Waals surface area contributed by atoms with E-state index in [1.165, 1.54) is 6.07 Å². The second-order valence-electron chi connectivity index (χ2n) is 4.08. The molecule has 1 nitrogen and oxygen atoms in total. The van der Waals surface area contributed by atoms with Crippen LogP contribution in [-0.4, -0.2) is 0 Å². The van der Waals surface area contributed by atoms with Gasteiger partial charge in [0.15, 0.2) is 0 Å². The topological polar surface area (TPSA) is 26.0 Å². The molecule has 0 amide bonds. The van der Waals surface area contributed by atoms with Gasteiger partial charge in [0.25, 0.3) is 0 Å². The van der Waals surface area contributed by atoms with Crippen LogP contribution < -0.4 is 5.73 Å².